The van der Waals surface area contributed by atoms with Crippen LogP contribution < -0.4 is 19.6 Å². The van der Waals surface area contributed by atoms with Crippen LogP contribution in [0.25, 0.3) is 0 Å². The number of amides is 1. The van der Waals surface area contributed by atoms with Crippen molar-refractivity contribution in [3.05, 3.63) is 84.9 Å². The Bertz CT molecular complexity index is 1150. The fourth-order valence-electron chi connectivity index (χ4n) is 2.71. The third-order valence-corrected chi connectivity index (χ3v) is 5.86. The fraction of sp³-hybridized carbons (Fsp3) is 0.130. The van der Waals surface area contributed by atoms with Crippen LogP contribution in [0.4, 0.5) is 0 Å². The van der Waals surface area contributed by atoms with Gasteiger partial charge in [-0.1, -0.05) is 29.3 Å². The summed E-state index contributed by atoms with van der Waals surface area (Å²) >= 11 is 14.3. The van der Waals surface area contributed by atoms with Gasteiger partial charge >= 0.3 is 0 Å². The Morgan fingerprint density at radius 3 is 2.50 bits per heavy atom. The third kappa shape index (κ3) is 6.27. The van der Waals surface area contributed by atoms with E-state index in [0.29, 0.717) is 32.9 Å². The molecule has 0 heterocycles. The van der Waals surface area contributed by atoms with E-state index in [1.54, 1.807) is 62.8 Å². The molecule has 3 rings (SSSR count). The Morgan fingerprint density at radius 1 is 1.00 bits per heavy atom. The SMILES string of the molecule is COc1cc(C(=O)N/N=C\c2ccc(OCc3ccc(Cl)cc3Cl)c(OC)c2)ccc1I. The molecule has 0 aromatic heterocycles. The molecular weight excluding hydrogens is 566 g/mol. The van der Waals surface area contributed by atoms with Crippen LogP contribution in [0.2, 0.25) is 10.0 Å². The summed E-state index contributed by atoms with van der Waals surface area (Å²) in [7, 11) is 3.10. The van der Waals surface area contributed by atoms with Crippen molar-refractivity contribution in [1.82, 2.24) is 5.43 Å². The maximum absolute atomic E-state index is 12.3. The van der Waals surface area contributed by atoms with Crippen LogP contribution in [-0.2, 0) is 6.61 Å². The van der Waals surface area contributed by atoms with E-state index in [4.69, 9.17) is 37.4 Å². The van der Waals surface area contributed by atoms with Crippen molar-refractivity contribution >= 4 is 57.9 Å². The summed E-state index contributed by atoms with van der Waals surface area (Å²) in [6, 6.07) is 15.7. The van der Waals surface area contributed by atoms with E-state index < -0.39 is 0 Å². The van der Waals surface area contributed by atoms with E-state index in [1.807, 2.05) is 6.07 Å². The lowest BCUT2D eigenvalue weighted by Crippen LogP contribution is -2.17. The number of halogens is 3. The van der Waals surface area contributed by atoms with E-state index in [-0.39, 0.29) is 12.5 Å². The van der Waals surface area contributed by atoms with Crippen LogP contribution in [0.5, 0.6) is 17.2 Å². The van der Waals surface area contributed by atoms with Gasteiger partial charge in [0.25, 0.3) is 5.91 Å². The standard InChI is InChI=1S/C23H19Cl2IN2O4/c1-30-21-10-15(5-7-19(21)26)23(29)28-27-12-14-3-8-20(22(9-14)31-2)32-13-16-4-6-17(24)11-18(16)25/h3-12H,13H2,1-2H3,(H,28,29)/b27-12-. The average Bonchev–Trinajstić information content (AvgIpc) is 2.79. The summed E-state index contributed by atoms with van der Waals surface area (Å²) in [6.45, 7) is 0.259. The molecule has 0 aliphatic carbocycles. The van der Waals surface area contributed by atoms with E-state index in [2.05, 4.69) is 33.1 Å². The van der Waals surface area contributed by atoms with Gasteiger partial charge in [0.2, 0.25) is 0 Å². The molecule has 0 fully saturated rings. The van der Waals surface area contributed by atoms with Gasteiger partial charge < -0.3 is 14.2 Å². The average molecular weight is 585 g/mol. The van der Waals surface area contributed by atoms with Crippen LogP contribution >= 0.6 is 45.8 Å². The number of carbonyl (C=O) groups is 1. The first-order valence-corrected chi connectivity index (χ1v) is 11.2. The topological polar surface area (TPSA) is 69.2 Å². The van der Waals surface area contributed by atoms with E-state index in [1.165, 1.54) is 6.21 Å². The fourth-order valence-corrected chi connectivity index (χ4v) is 3.73. The zero-order chi connectivity index (χ0) is 23.1. The Hall–Kier alpha value is -2.49. The van der Waals surface area contributed by atoms with Gasteiger partial charge in [0.05, 0.1) is 24.0 Å². The highest BCUT2D eigenvalue weighted by atomic mass is 127. The number of ether oxygens (including phenoxy) is 3. The number of carbonyl (C=O) groups excluding carboxylic acids is 1. The van der Waals surface area contributed by atoms with Gasteiger partial charge in [0, 0.05) is 21.2 Å². The van der Waals surface area contributed by atoms with Gasteiger partial charge in [-0.25, -0.2) is 5.43 Å². The molecule has 9 heteroatoms. The molecule has 0 spiro atoms. The molecule has 6 nitrogen and oxygen atoms in total. The number of nitrogens with zero attached hydrogens (tertiary/aromatic N) is 1. The van der Waals surface area contributed by atoms with Crippen LogP contribution in [-0.4, -0.2) is 26.3 Å². The van der Waals surface area contributed by atoms with Crippen molar-refractivity contribution in [3.63, 3.8) is 0 Å². The monoisotopic (exact) mass is 584 g/mol. The predicted molar refractivity (Wildman–Crippen MR) is 135 cm³/mol. The van der Waals surface area contributed by atoms with E-state index in [0.717, 1.165) is 14.7 Å². The summed E-state index contributed by atoms with van der Waals surface area (Å²) in [5.74, 6) is 1.35. The van der Waals surface area contributed by atoms with Crippen LogP contribution in [0.15, 0.2) is 59.7 Å². The summed E-state index contributed by atoms with van der Waals surface area (Å²) in [4.78, 5) is 12.3. The first-order chi connectivity index (χ1) is 15.4. The van der Waals surface area contributed by atoms with Gasteiger partial charge in [0.1, 0.15) is 12.4 Å². The normalized spacial score (nSPS) is 10.8. The van der Waals surface area contributed by atoms with Gasteiger partial charge in [-0.05, 0) is 76.7 Å². The second kappa shape index (κ2) is 11.4. The number of methoxy groups -OCH3 is 2. The number of hydrogen-bond acceptors (Lipinski definition) is 5. The van der Waals surface area contributed by atoms with Crippen LogP contribution in [0.1, 0.15) is 21.5 Å². The third-order valence-electron chi connectivity index (χ3n) is 4.38. The highest BCUT2D eigenvalue weighted by Gasteiger charge is 2.10. The van der Waals surface area contributed by atoms with Crippen molar-refractivity contribution in [2.75, 3.05) is 14.2 Å². The molecular formula is C23H19Cl2IN2O4. The minimum atomic E-state index is -0.345. The van der Waals surface area contributed by atoms with Gasteiger partial charge in [0.15, 0.2) is 11.5 Å². The summed E-state index contributed by atoms with van der Waals surface area (Å²) in [5, 5.41) is 5.11. The molecule has 0 saturated carbocycles. The highest BCUT2D eigenvalue weighted by Crippen LogP contribution is 2.30. The van der Waals surface area contributed by atoms with Crippen molar-refractivity contribution in [2.24, 2.45) is 5.10 Å². The maximum atomic E-state index is 12.3. The Kier molecular flexibility index (Phi) is 8.60. The number of benzene rings is 3. The van der Waals surface area contributed by atoms with Crippen LogP contribution in [0, 0.1) is 3.57 Å². The predicted octanol–water partition coefficient (Wildman–Crippen LogP) is 5.96. The van der Waals surface area contributed by atoms with Crippen molar-refractivity contribution in [3.8, 4) is 17.2 Å². The molecule has 0 aliphatic rings. The smallest absolute Gasteiger partial charge is 0.271 e. The first-order valence-electron chi connectivity index (χ1n) is 9.33. The Labute approximate surface area is 209 Å². The number of nitrogens with one attached hydrogen (secondary N) is 1. The van der Waals surface area contributed by atoms with E-state index in [9.17, 15) is 4.79 Å². The number of hydrazone groups is 1. The first kappa shape index (κ1) is 24.2. The zero-order valence-corrected chi connectivity index (χ0v) is 20.9. The maximum Gasteiger partial charge on any atom is 0.271 e. The van der Waals surface area contributed by atoms with Crippen LogP contribution in [0.3, 0.4) is 0 Å². The lowest BCUT2D eigenvalue weighted by molar-refractivity contribution is 0.0954. The highest BCUT2D eigenvalue weighted by molar-refractivity contribution is 14.1. The van der Waals surface area contributed by atoms with Crippen molar-refractivity contribution in [1.29, 1.82) is 0 Å². The molecule has 3 aromatic carbocycles. The quantitative estimate of drug-likeness (QED) is 0.202. The van der Waals surface area contributed by atoms with Crippen molar-refractivity contribution in [2.45, 2.75) is 6.61 Å². The molecule has 0 saturated heterocycles. The molecule has 32 heavy (non-hydrogen) atoms. The molecule has 1 amide bonds. The molecule has 0 bridgehead atoms. The minimum Gasteiger partial charge on any atom is -0.496 e. The Morgan fingerprint density at radius 2 is 1.78 bits per heavy atom. The molecule has 1 N–H and O–H groups in total. The summed E-state index contributed by atoms with van der Waals surface area (Å²) in [5.41, 5.74) is 4.47. The van der Waals surface area contributed by atoms with Gasteiger partial charge in [-0.3, -0.25) is 4.79 Å². The molecule has 0 unspecified atom stereocenters. The van der Waals surface area contributed by atoms with Crippen molar-refractivity contribution < 1.29 is 19.0 Å². The second-order valence-corrected chi connectivity index (χ2v) is 8.49. The Balaban J connectivity index is 1.64. The zero-order valence-electron chi connectivity index (χ0n) is 17.2. The second-order valence-electron chi connectivity index (χ2n) is 6.48. The lowest BCUT2D eigenvalue weighted by atomic mass is 10.2. The summed E-state index contributed by atoms with van der Waals surface area (Å²) < 4.78 is 17.4. The van der Waals surface area contributed by atoms with E-state index >= 15 is 0 Å². The summed E-state index contributed by atoms with van der Waals surface area (Å²) in [6.07, 6.45) is 1.52. The van der Waals surface area contributed by atoms with Gasteiger partial charge in [-0.15, -0.1) is 0 Å². The molecule has 3 aromatic rings. The largest absolute Gasteiger partial charge is 0.496 e. The molecule has 0 aliphatic heterocycles. The minimum absolute atomic E-state index is 0.259. The molecule has 166 valence electrons. The number of hydrogen-bond donors (Lipinski definition) is 1. The lowest BCUT2D eigenvalue weighted by Gasteiger charge is -2.12. The molecule has 0 atom stereocenters. The number of rotatable bonds is 8. The molecule has 0 radical (unpaired) electrons. The van der Waals surface area contributed by atoms with Gasteiger partial charge in [-0.2, -0.15) is 5.10 Å².